The maximum Gasteiger partial charge on any atom is 0.179 e. The summed E-state index contributed by atoms with van der Waals surface area (Å²) in [7, 11) is 1.62. The van der Waals surface area contributed by atoms with Crippen LogP contribution in [0.3, 0.4) is 0 Å². The summed E-state index contributed by atoms with van der Waals surface area (Å²) in [6.45, 7) is 5.99. The van der Waals surface area contributed by atoms with Gasteiger partial charge in [-0.05, 0) is 45.3 Å². The van der Waals surface area contributed by atoms with Gasteiger partial charge in [0.05, 0.1) is 25.3 Å². The number of ether oxygens (including phenoxy) is 2. The number of aromatic nitrogens is 4. The van der Waals surface area contributed by atoms with E-state index in [2.05, 4.69) is 30.2 Å². The molecule has 0 radical (unpaired) electrons. The van der Waals surface area contributed by atoms with E-state index in [1.807, 2.05) is 25.3 Å². The molecule has 0 spiro atoms. The van der Waals surface area contributed by atoms with Crippen LogP contribution in [-0.2, 0) is 0 Å². The Labute approximate surface area is 164 Å². The number of aromatic amines is 1. The maximum atomic E-state index is 5.99. The molecule has 2 N–H and O–H groups in total. The van der Waals surface area contributed by atoms with Gasteiger partial charge in [0.25, 0.3) is 0 Å². The van der Waals surface area contributed by atoms with Gasteiger partial charge < -0.3 is 24.7 Å². The van der Waals surface area contributed by atoms with Crippen molar-refractivity contribution >= 4 is 22.7 Å². The summed E-state index contributed by atoms with van der Waals surface area (Å²) in [6.07, 6.45) is 7.13. The highest BCUT2D eigenvalue weighted by molar-refractivity contribution is 5.88. The van der Waals surface area contributed by atoms with E-state index < -0.39 is 0 Å². The summed E-state index contributed by atoms with van der Waals surface area (Å²) in [5, 5.41) is 4.19. The second kappa shape index (κ2) is 8.43. The molecule has 1 fully saturated rings. The molecule has 8 nitrogen and oxygen atoms in total. The van der Waals surface area contributed by atoms with Crippen molar-refractivity contribution in [1.29, 1.82) is 0 Å². The highest BCUT2D eigenvalue weighted by atomic mass is 16.5. The molecule has 4 rings (SSSR count). The smallest absolute Gasteiger partial charge is 0.179 e. The predicted molar refractivity (Wildman–Crippen MR) is 108 cm³/mol. The van der Waals surface area contributed by atoms with Crippen LogP contribution in [-0.4, -0.2) is 58.2 Å². The number of nitrogens with zero attached hydrogens (tertiary/aromatic N) is 4. The maximum absolute atomic E-state index is 5.99. The fourth-order valence-corrected chi connectivity index (χ4v) is 3.50. The van der Waals surface area contributed by atoms with Crippen molar-refractivity contribution < 1.29 is 9.47 Å². The Balaban J connectivity index is 1.45. The van der Waals surface area contributed by atoms with E-state index in [9.17, 15) is 0 Å². The number of hydrogen-bond acceptors (Lipinski definition) is 7. The van der Waals surface area contributed by atoms with Gasteiger partial charge in [-0.15, -0.1) is 0 Å². The first-order valence-electron chi connectivity index (χ1n) is 9.71. The van der Waals surface area contributed by atoms with E-state index >= 15 is 0 Å². The first kappa shape index (κ1) is 18.5. The molecule has 0 aromatic carbocycles. The van der Waals surface area contributed by atoms with Gasteiger partial charge in [0.2, 0.25) is 0 Å². The Bertz CT molecular complexity index is 936. The highest BCUT2D eigenvalue weighted by Crippen LogP contribution is 2.30. The minimum atomic E-state index is 0.623. The lowest BCUT2D eigenvalue weighted by atomic mass is 10.3. The molecule has 8 heteroatoms. The molecule has 3 aromatic heterocycles. The number of pyridine rings is 1. The number of anilines is 2. The summed E-state index contributed by atoms with van der Waals surface area (Å²) in [4.78, 5) is 18.9. The Morgan fingerprint density at radius 3 is 2.89 bits per heavy atom. The number of nitrogens with one attached hydrogen (secondary N) is 2. The van der Waals surface area contributed by atoms with Crippen molar-refractivity contribution in [3.8, 4) is 11.5 Å². The third kappa shape index (κ3) is 4.17. The van der Waals surface area contributed by atoms with Crippen LogP contribution >= 0.6 is 0 Å². The van der Waals surface area contributed by atoms with E-state index in [-0.39, 0.29) is 0 Å². The third-order valence-electron chi connectivity index (χ3n) is 4.90. The monoisotopic (exact) mass is 382 g/mol. The normalized spacial score (nSPS) is 14.5. The van der Waals surface area contributed by atoms with Crippen LogP contribution in [0, 0.1) is 6.92 Å². The lowest BCUT2D eigenvalue weighted by molar-refractivity contribution is 0.254. The summed E-state index contributed by atoms with van der Waals surface area (Å²) in [5.41, 5.74) is 0.793. The van der Waals surface area contributed by atoms with Crippen LogP contribution in [0.2, 0.25) is 0 Å². The molecule has 3 aromatic rings. The van der Waals surface area contributed by atoms with Gasteiger partial charge in [0, 0.05) is 18.8 Å². The Morgan fingerprint density at radius 2 is 2.07 bits per heavy atom. The van der Waals surface area contributed by atoms with Crippen molar-refractivity contribution in [2.24, 2.45) is 0 Å². The Hall–Kier alpha value is -2.87. The van der Waals surface area contributed by atoms with Crippen LogP contribution in [0.5, 0.6) is 11.5 Å². The van der Waals surface area contributed by atoms with Gasteiger partial charge in [-0.3, -0.25) is 0 Å². The van der Waals surface area contributed by atoms with E-state index in [4.69, 9.17) is 9.47 Å². The van der Waals surface area contributed by atoms with Gasteiger partial charge >= 0.3 is 0 Å². The van der Waals surface area contributed by atoms with Crippen LogP contribution in [0.1, 0.15) is 25.1 Å². The van der Waals surface area contributed by atoms with Crippen molar-refractivity contribution in [1.82, 2.24) is 24.8 Å². The van der Waals surface area contributed by atoms with Gasteiger partial charge in [-0.1, -0.05) is 0 Å². The summed E-state index contributed by atoms with van der Waals surface area (Å²) >= 11 is 0. The molecule has 0 saturated carbocycles. The minimum absolute atomic E-state index is 0.623. The summed E-state index contributed by atoms with van der Waals surface area (Å²) in [6, 6.07) is 3.79. The second-order valence-electron chi connectivity index (χ2n) is 6.96. The topological polar surface area (TPSA) is 88.2 Å². The fraction of sp³-hybridized carbons (Fsp3) is 0.450. The summed E-state index contributed by atoms with van der Waals surface area (Å²) in [5.74, 6) is 3.34. The molecule has 4 heterocycles. The Morgan fingerprint density at radius 1 is 1.21 bits per heavy atom. The highest BCUT2D eigenvalue weighted by Gasteiger charge is 2.13. The number of likely N-dealkylation sites (tertiary alicyclic amines) is 1. The van der Waals surface area contributed by atoms with E-state index in [1.165, 1.54) is 25.9 Å². The van der Waals surface area contributed by atoms with E-state index in [0.29, 0.717) is 35.6 Å². The standard InChI is InChI=1S/C20H26N6O2/c1-14-23-19-15(6-7-21-19)20(24-14)25-18-12-16(17(27-2)13-22-18)28-11-5-10-26-8-3-4-9-26/h6-7,12-13H,3-5,8-11H2,1-2H3,(H2,21,22,23,24,25). The molecular weight excluding hydrogens is 356 g/mol. The quantitative estimate of drug-likeness (QED) is 0.578. The molecule has 0 aliphatic carbocycles. The number of aryl methyl sites for hydroxylation is 1. The SMILES string of the molecule is COc1cnc(Nc2nc(C)nc3[nH]ccc23)cc1OCCCN1CCCC1. The van der Waals surface area contributed by atoms with Crippen LogP contribution in [0.25, 0.3) is 11.0 Å². The van der Waals surface area contributed by atoms with Crippen molar-refractivity contribution in [3.63, 3.8) is 0 Å². The molecule has 0 unspecified atom stereocenters. The zero-order valence-corrected chi connectivity index (χ0v) is 16.4. The van der Waals surface area contributed by atoms with E-state index in [1.54, 1.807) is 13.3 Å². The van der Waals surface area contributed by atoms with Gasteiger partial charge in [0.15, 0.2) is 11.5 Å². The molecule has 1 saturated heterocycles. The molecule has 28 heavy (non-hydrogen) atoms. The molecule has 0 amide bonds. The van der Waals surface area contributed by atoms with Gasteiger partial charge in [0.1, 0.15) is 23.1 Å². The lowest BCUT2D eigenvalue weighted by Crippen LogP contribution is -2.22. The zero-order valence-electron chi connectivity index (χ0n) is 16.4. The molecule has 148 valence electrons. The number of hydrogen-bond donors (Lipinski definition) is 2. The number of H-pyrrole nitrogens is 1. The predicted octanol–water partition coefficient (Wildman–Crippen LogP) is 3.28. The van der Waals surface area contributed by atoms with E-state index in [0.717, 1.165) is 24.0 Å². The minimum Gasteiger partial charge on any atom is -0.491 e. The third-order valence-corrected chi connectivity index (χ3v) is 4.90. The van der Waals surface area contributed by atoms with Crippen LogP contribution in [0.15, 0.2) is 24.5 Å². The zero-order chi connectivity index (χ0) is 19.3. The van der Waals surface area contributed by atoms with Crippen molar-refractivity contribution in [2.45, 2.75) is 26.2 Å². The van der Waals surface area contributed by atoms with Crippen molar-refractivity contribution in [3.05, 3.63) is 30.4 Å². The largest absolute Gasteiger partial charge is 0.491 e. The summed E-state index contributed by atoms with van der Waals surface area (Å²) < 4.78 is 11.4. The van der Waals surface area contributed by atoms with Crippen molar-refractivity contribution in [2.75, 3.05) is 38.7 Å². The fourth-order valence-electron chi connectivity index (χ4n) is 3.50. The average molecular weight is 382 g/mol. The molecule has 1 aliphatic heterocycles. The van der Waals surface area contributed by atoms with Crippen LogP contribution in [0.4, 0.5) is 11.6 Å². The molecular formula is C20H26N6O2. The van der Waals surface area contributed by atoms with Crippen LogP contribution < -0.4 is 14.8 Å². The van der Waals surface area contributed by atoms with Gasteiger partial charge in [-0.25, -0.2) is 15.0 Å². The van der Waals surface area contributed by atoms with Gasteiger partial charge in [-0.2, -0.15) is 0 Å². The second-order valence-corrected chi connectivity index (χ2v) is 6.96. The average Bonchev–Trinajstić information content (AvgIpc) is 3.37. The number of rotatable bonds is 8. The first-order valence-corrected chi connectivity index (χ1v) is 9.71. The Kier molecular flexibility index (Phi) is 5.57. The molecule has 1 aliphatic rings. The number of fused-ring (bicyclic) bond motifs is 1. The first-order chi connectivity index (χ1) is 13.7. The molecule has 0 bridgehead atoms. The lowest BCUT2D eigenvalue weighted by Gasteiger charge is -2.16. The number of methoxy groups -OCH3 is 1. The molecule has 0 atom stereocenters.